The van der Waals surface area contributed by atoms with E-state index in [1.54, 1.807) is 24.3 Å². The van der Waals surface area contributed by atoms with Crippen LogP contribution in [0.4, 0.5) is 5.69 Å². The molecular weight excluding hydrogens is 380 g/mol. The lowest BCUT2D eigenvalue weighted by molar-refractivity contribution is -0.114. The van der Waals surface area contributed by atoms with Crippen LogP contribution in [-0.4, -0.2) is 18.4 Å². The second kappa shape index (κ2) is 8.30. The number of anilines is 1. The first-order valence-electron chi connectivity index (χ1n) is 8.15. The Morgan fingerprint density at radius 2 is 1.76 bits per heavy atom. The van der Waals surface area contributed by atoms with E-state index >= 15 is 0 Å². The van der Waals surface area contributed by atoms with E-state index in [-0.39, 0.29) is 17.2 Å². The Balaban J connectivity index is 1.96. The Morgan fingerprint density at radius 3 is 2.40 bits per heavy atom. The Kier molecular flexibility index (Phi) is 6.37. The number of rotatable bonds is 6. The highest BCUT2D eigenvalue weighted by Gasteiger charge is 2.20. The van der Waals surface area contributed by atoms with Gasteiger partial charge < -0.3 is 10.6 Å². The molecule has 0 aromatic heterocycles. The zero-order valence-corrected chi connectivity index (χ0v) is 16.3. The summed E-state index contributed by atoms with van der Waals surface area (Å²) in [6.07, 6.45) is 0.868. The minimum absolute atomic E-state index is 0.0707. The normalized spacial score (nSPS) is 11.0. The molecule has 0 atom stereocenters. The maximum atomic E-state index is 12.4. The molecule has 2 amide bonds. The van der Waals surface area contributed by atoms with E-state index in [1.807, 2.05) is 12.1 Å². The molecule has 2 rings (SSSR count). The fourth-order valence-electron chi connectivity index (χ4n) is 2.58. The second-order valence-corrected chi connectivity index (χ2v) is 7.83. The van der Waals surface area contributed by atoms with Crippen molar-refractivity contribution in [2.75, 3.05) is 11.9 Å². The summed E-state index contributed by atoms with van der Waals surface area (Å²) in [6.45, 7) is 6.26. The zero-order chi connectivity index (χ0) is 18.4. The van der Waals surface area contributed by atoms with E-state index in [1.165, 1.54) is 12.5 Å². The van der Waals surface area contributed by atoms with Gasteiger partial charge in [-0.3, -0.25) is 9.59 Å². The van der Waals surface area contributed by atoms with Gasteiger partial charge in [0.2, 0.25) is 5.91 Å². The van der Waals surface area contributed by atoms with Crippen LogP contribution < -0.4 is 10.6 Å². The molecule has 5 heteroatoms. The highest BCUT2D eigenvalue weighted by Crippen LogP contribution is 2.22. The first-order chi connectivity index (χ1) is 11.7. The monoisotopic (exact) mass is 402 g/mol. The Morgan fingerprint density at radius 1 is 1.08 bits per heavy atom. The fraction of sp³-hybridized carbons (Fsp3) is 0.300. The molecule has 0 radical (unpaired) electrons. The number of benzene rings is 2. The largest absolute Gasteiger partial charge is 0.351 e. The Labute approximate surface area is 157 Å². The summed E-state index contributed by atoms with van der Waals surface area (Å²) in [6, 6.07) is 15.2. The average Bonchev–Trinajstić information content (AvgIpc) is 2.54. The van der Waals surface area contributed by atoms with Crippen molar-refractivity contribution in [3.05, 3.63) is 64.1 Å². The predicted molar refractivity (Wildman–Crippen MR) is 105 cm³/mol. The van der Waals surface area contributed by atoms with Crippen LogP contribution in [0.3, 0.4) is 0 Å². The van der Waals surface area contributed by atoms with E-state index < -0.39 is 0 Å². The van der Waals surface area contributed by atoms with Crippen LogP contribution in [0.25, 0.3) is 0 Å². The number of hydrogen-bond acceptors (Lipinski definition) is 2. The van der Waals surface area contributed by atoms with Crippen molar-refractivity contribution in [3.63, 3.8) is 0 Å². The first kappa shape index (κ1) is 19.2. The molecule has 0 fully saturated rings. The molecule has 0 unspecified atom stereocenters. The maximum Gasteiger partial charge on any atom is 0.251 e. The van der Waals surface area contributed by atoms with Crippen molar-refractivity contribution in [1.82, 2.24) is 5.32 Å². The molecule has 0 saturated carbocycles. The number of halogens is 1. The van der Waals surface area contributed by atoms with Crippen LogP contribution >= 0.6 is 15.9 Å². The summed E-state index contributed by atoms with van der Waals surface area (Å²) >= 11 is 3.44. The van der Waals surface area contributed by atoms with Gasteiger partial charge in [-0.25, -0.2) is 0 Å². The van der Waals surface area contributed by atoms with Gasteiger partial charge in [0.05, 0.1) is 0 Å². The zero-order valence-electron chi connectivity index (χ0n) is 14.7. The smallest absolute Gasteiger partial charge is 0.251 e. The lowest BCUT2D eigenvalue weighted by Crippen LogP contribution is -2.35. The molecule has 4 nitrogen and oxygen atoms in total. The van der Waals surface area contributed by atoms with Gasteiger partial charge in [-0.15, -0.1) is 0 Å². The molecule has 132 valence electrons. The molecule has 0 heterocycles. The second-order valence-electron chi connectivity index (χ2n) is 6.91. The van der Waals surface area contributed by atoms with Crippen LogP contribution in [0.15, 0.2) is 53.0 Å². The number of carbonyl (C=O) groups excluding carboxylic acids is 2. The summed E-state index contributed by atoms with van der Waals surface area (Å²) in [5.74, 6) is -0.302. The van der Waals surface area contributed by atoms with E-state index in [4.69, 9.17) is 0 Å². The standard InChI is InChI=1S/C20H23BrN2O2/c1-14(24)23-18-6-4-5-16(11-18)19(25)22-13-20(2,3)12-15-7-9-17(21)10-8-15/h4-11H,12-13H2,1-3H3,(H,22,25)(H,23,24). The van der Waals surface area contributed by atoms with E-state index in [0.717, 1.165) is 10.9 Å². The van der Waals surface area contributed by atoms with Gasteiger partial charge in [0.1, 0.15) is 0 Å². The van der Waals surface area contributed by atoms with Gasteiger partial charge in [0.15, 0.2) is 0 Å². The maximum absolute atomic E-state index is 12.4. The van der Waals surface area contributed by atoms with Crippen molar-refractivity contribution in [2.45, 2.75) is 27.2 Å². The molecule has 0 bridgehead atoms. The van der Waals surface area contributed by atoms with Crippen molar-refractivity contribution in [1.29, 1.82) is 0 Å². The van der Waals surface area contributed by atoms with Gasteiger partial charge in [0, 0.05) is 29.2 Å². The fourth-order valence-corrected chi connectivity index (χ4v) is 2.84. The molecule has 0 saturated heterocycles. The summed E-state index contributed by atoms with van der Waals surface area (Å²) in [5.41, 5.74) is 2.31. The van der Waals surface area contributed by atoms with Gasteiger partial charge in [-0.05, 0) is 47.7 Å². The van der Waals surface area contributed by atoms with Gasteiger partial charge in [0.25, 0.3) is 5.91 Å². The highest BCUT2D eigenvalue weighted by molar-refractivity contribution is 9.10. The molecular formula is C20H23BrN2O2. The molecule has 2 N–H and O–H groups in total. The average molecular weight is 403 g/mol. The van der Waals surface area contributed by atoms with Crippen LogP contribution in [0.5, 0.6) is 0 Å². The van der Waals surface area contributed by atoms with Gasteiger partial charge in [-0.2, -0.15) is 0 Å². The Hall–Kier alpha value is -2.14. The molecule has 2 aromatic rings. The minimum atomic E-state index is -0.159. The molecule has 25 heavy (non-hydrogen) atoms. The van der Waals surface area contributed by atoms with E-state index in [2.05, 4.69) is 52.5 Å². The predicted octanol–water partition coefficient (Wildman–Crippen LogP) is 4.41. The number of amides is 2. The van der Waals surface area contributed by atoms with Crippen molar-refractivity contribution in [3.8, 4) is 0 Å². The third-order valence-electron chi connectivity index (χ3n) is 3.77. The molecule has 0 aliphatic rings. The lowest BCUT2D eigenvalue weighted by Gasteiger charge is -2.25. The number of hydrogen-bond donors (Lipinski definition) is 2. The lowest BCUT2D eigenvalue weighted by atomic mass is 9.85. The number of nitrogens with one attached hydrogen (secondary N) is 2. The molecule has 2 aromatic carbocycles. The summed E-state index contributed by atoms with van der Waals surface area (Å²) in [5, 5.41) is 5.68. The van der Waals surface area contributed by atoms with Gasteiger partial charge >= 0.3 is 0 Å². The third kappa shape index (κ3) is 6.35. The SMILES string of the molecule is CC(=O)Nc1cccc(C(=O)NCC(C)(C)Cc2ccc(Br)cc2)c1. The van der Waals surface area contributed by atoms with Gasteiger partial charge in [-0.1, -0.05) is 48.0 Å². The minimum Gasteiger partial charge on any atom is -0.351 e. The topological polar surface area (TPSA) is 58.2 Å². The molecule has 0 aliphatic carbocycles. The molecule has 0 aliphatic heterocycles. The summed E-state index contributed by atoms with van der Waals surface area (Å²) in [4.78, 5) is 23.5. The van der Waals surface area contributed by atoms with Crippen molar-refractivity contribution < 1.29 is 9.59 Å². The number of carbonyl (C=O) groups is 2. The Bertz CT molecular complexity index is 755. The van der Waals surface area contributed by atoms with E-state index in [9.17, 15) is 9.59 Å². The van der Waals surface area contributed by atoms with Crippen molar-refractivity contribution >= 4 is 33.4 Å². The summed E-state index contributed by atoms with van der Waals surface area (Å²) in [7, 11) is 0. The van der Waals surface area contributed by atoms with Crippen molar-refractivity contribution in [2.24, 2.45) is 5.41 Å². The van der Waals surface area contributed by atoms with Crippen LogP contribution in [0, 0.1) is 5.41 Å². The van der Waals surface area contributed by atoms with Crippen LogP contribution in [-0.2, 0) is 11.2 Å². The van der Waals surface area contributed by atoms with Crippen LogP contribution in [0.2, 0.25) is 0 Å². The quantitative estimate of drug-likeness (QED) is 0.751. The first-order valence-corrected chi connectivity index (χ1v) is 8.95. The van der Waals surface area contributed by atoms with Crippen LogP contribution in [0.1, 0.15) is 36.7 Å². The third-order valence-corrected chi connectivity index (χ3v) is 4.30. The van der Waals surface area contributed by atoms with E-state index in [0.29, 0.717) is 17.8 Å². The highest BCUT2D eigenvalue weighted by atomic mass is 79.9. The summed E-state index contributed by atoms with van der Waals surface area (Å²) < 4.78 is 1.06. The molecule has 0 spiro atoms.